The van der Waals surface area contributed by atoms with Crippen molar-refractivity contribution in [3.63, 3.8) is 0 Å². The minimum atomic E-state index is 0.439. The summed E-state index contributed by atoms with van der Waals surface area (Å²) in [6.07, 6.45) is 7.12. The van der Waals surface area contributed by atoms with Crippen molar-refractivity contribution in [1.82, 2.24) is 0 Å². The molecule has 0 heterocycles. The smallest absolute Gasteiger partial charge is 0.0963 e. The molecule has 1 aliphatic carbocycles. The van der Waals surface area contributed by atoms with Crippen LogP contribution in [0.2, 0.25) is 0 Å². The van der Waals surface area contributed by atoms with Gasteiger partial charge in [-0.3, -0.25) is 5.41 Å². The summed E-state index contributed by atoms with van der Waals surface area (Å²) < 4.78 is 3.70. The molecule has 0 unspecified atom stereocenters. The molecule has 0 aromatic rings. The minimum absolute atomic E-state index is 0.439. The third-order valence-electron chi connectivity index (χ3n) is 0.995. The van der Waals surface area contributed by atoms with Crippen LogP contribution in [0, 0.1) is 5.41 Å². The van der Waals surface area contributed by atoms with Crippen LogP contribution in [0.15, 0.2) is 28.3 Å². The van der Waals surface area contributed by atoms with E-state index in [2.05, 4.69) is 20.2 Å². The van der Waals surface area contributed by atoms with Crippen LogP contribution in [0.25, 0.3) is 0 Å². The molecule has 0 radical (unpaired) electrons. The van der Waals surface area contributed by atoms with Crippen LogP contribution in [0.1, 0.15) is 0 Å². The highest BCUT2D eigenvalue weighted by atomic mass is 79.9. The molecule has 1 aliphatic rings. The van der Waals surface area contributed by atoms with E-state index in [1.807, 2.05) is 12.2 Å². The van der Waals surface area contributed by atoms with Gasteiger partial charge in [0.15, 0.2) is 0 Å². The Hall–Kier alpha value is -0.700. The zero-order valence-electron chi connectivity index (χ0n) is 4.63. The van der Waals surface area contributed by atoms with Crippen LogP contribution in [0.4, 0.5) is 0 Å². The Morgan fingerprint density at radius 3 is 2.44 bits per heavy atom. The van der Waals surface area contributed by atoms with Crippen LogP contribution >= 0.6 is 16.1 Å². The van der Waals surface area contributed by atoms with E-state index in [1.165, 1.54) is 0 Å². The van der Waals surface area contributed by atoms with Gasteiger partial charge in [-0.05, 0) is 12.2 Å². The first-order valence-electron chi connectivity index (χ1n) is 2.47. The van der Waals surface area contributed by atoms with Gasteiger partial charge in [0.05, 0.1) is 27.6 Å². The molecule has 0 saturated heterocycles. The number of hydrogen-bond donors (Lipinski definition) is 1. The van der Waals surface area contributed by atoms with Gasteiger partial charge in [-0.25, -0.2) is 4.02 Å². The fraction of sp³-hybridized carbons (Fsp3) is 0. The van der Waals surface area contributed by atoms with Crippen LogP contribution in [0.5, 0.6) is 0 Å². The molecule has 1 rings (SSSR count). The van der Waals surface area contributed by atoms with Gasteiger partial charge in [0.2, 0.25) is 0 Å². The van der Waals surface area contributed by atoms with Crippen molar-refractivity contribution < 1.29 is 0 Å². The summed E-state index contributed by atoms with van der Waals surface area (Å²) in [5.41, 5.74) is 1.10. The summed E-state index contributed by atoms with van der Waals surface area (Å²) >= 11 is 2.91. The molecule has 0 aliphatic heterocycles. The van der Waals surface area contributed by atoms with E-state index in [1.54, 1.807) is 12.2 Å². The van der Waals surface area contributed by atoms with Crippen LogP contribution in [0.3, 0.4) is 0 Å². The van der Waals surface area contributed by atoms with E-state index in [0.717, 1.165) is 0 Å². The molecular weight excluding hydrogens is 180 g/mol. The summed E-state index contributed by atoms with van der Waals surface area (Å²) in [6.45, 7) is 0. The lowest BCUT2D eigenvalue weighted by molar-refractivity contribution is 1.54. The van der Waals surface area contributed by atoms with Gasteiger partial charge < -0.3 is 0 Å². The van der Waals surface area contributed by atoms with E-state index in [-0.39, 0.29) is 0 Å². The average Bonchev–Trinajstić information content (AvgIpc) is 1.89. The largest absolute Gasteiger partial charge is 0.299 e. The van der Waals surface area contributed by atoms with Crippen LogP contribution in [-0.4, -0.2) is 11.4 Å². The molecule has 46 valence electrons. The maximum Gasteiger partial charge on any atom is 0.0963 e. The highest BCUT2D eigenvalue weighted by Gasteiger charge is 2.00. The number of hydrogen-bond acceptors (Lipinski definition) is 2. The van der Waals surface area contributed by atoms with Gasteiger partial charge in [-0.15, -0.1) is 0 Å². The van der Waals surface area contributed by atoms with Crippen molar-refractivity contribution in [3.8, 4) is 0 Å². The fourth-order valence-electron chi connectivity index (χ4n) is 0.547. The molecule has 0 amide bonds. The Morgan fingerprint density at radius 1 is 1.33 bits per heavy atom. The highest BCUT2D eigenvalue weighted by Crippen LogP contribution is 1.98. The highest BCUT2D eigenvalue weighted by molar-refractivity contribution is 9.08. The summed E-state index contributed by atoms with van der Waals surface area (Å²) in [5, 5.41) is 7.25. The molecule has 3 heteroatoms. The zero-order chi connectivity index (χ0) is 6.69. The van der Waals surface area contributed by atoms with E-state index in [0.29, 0.717) is 11.4 Å². The number of nitrogens with zero attached hydrogens (tertiary/aromatic N) is 1. The predicted molar refractivity (Wildman–Crippen MR) is 42.4 cm³/mol. The Labute approximate surface area is 61.8 Å². The van der Waals surface area contributed by atoms with E-state index in [4.69, 9.17) is 5.41 Å². The van der Waals surface area contributed by atoms with Gasteiger partial charge in [-0.1, -0.05) is 12.2 Å². The van der Waals surface area contributed by atoms with Crippen molar-refractivity contribution >= 4 is 27.6 Å². The van der Waals surface area contributed by atoms with Crippen LogP contribution < -0.4 is 0 Å². The number of allylic oxidation sites excluding steroid dienone is 4. The van der Waals surface area contributed by atoms with E-state index in [9.17, 15) is 0 Å². The second-order valence-electron chi connectivity index (χ2n) is 1.60. The van der Waals surface area contributed by atoms with Crippen molar-refractivity contribution in [1.29, 1.82) is 5.41 Å². The van der Waals surface area contributed by atoms with Gasteiger partial charge in [0, 0.05) is 0 Å². The number of rotatable bonds is 0. The standard InChI is InChI=1S/C6H5BrN2/c7-9-6-4-2-1-3-5(6)8/h1-4,8H. The Kier molecular flexibility index (Phi) is 1.95. The van der Waals surface area contributed by atoms with E-state index >= 15 is 0 Å². The molecule has 2 nitrogen and oxygen atoms in total. The zero-order valence-corrected chi connectivity index (χ0v) is 6.22. The molecule has 0 aromatic heterocycles. The summed E-state index contributed by atoms with van der Waals surface area (Å²) in [4.78, 5) is 0. The third kappa shape index (κ3) is 1.36. The third-order valence-corrected chi connectivity index (χ3v) is 1.38. The molecule has 9 heavy (non-hydrogen) atoms. The monoisotopic (exact) mass is 184 g/mol. The average molecular weight is 185 g/mol. The fourth-order valence-corrected chi connectivity index (χ4v) is 0.857. The first-order valence-corrected chi connectivity index (χ1v) is 3.18. The van der Waals surface area contributed by atoms with Crippen LogP contribution in [-0.2, 0) is 0 Å². The summed E-state index contributed by atoms with van der Waals surface area (Å²) in [5.74, 6) is 0. The Morgan fingerprint density at radius 2 is 2.00 bits per heavy atom. The maximum atomic E-state index is 7.25. The SMILES string of the molecule is N=C1C=CC=CC1=NBr. The topological polar surface area (TPSA) is 36.2 Å². The first kappa shape index (κ1) is 6.42. The van der Waals surface area contributed by atoms with Crippen molar-refractivity contribution in [2.75, 3.05) is 0 Å². The van der Waals surface area contributed by atoms with Crippen molar-refractivity contribution in [3.05, 3.63) is 24.3 Å². The summed E-state index contributed by atoms with van der Waals surface area (Å²) in [7, 11) is 0. The second kappa shape index (κ2) is 2.73. The number of nitrogens with one attached hydrogen (secondary N) is 1. The van der Waals surface area contributed by atoms with Crippen molar-refractivity contribution in [2.24, 2.45) is 4.02 Å². The maximum absolute atomic E-state index is 7.25. The molecule has 0 saturated carbocycles. The molecule has 0 aromatic carbocycles. The normalized spacial score (nSPS) is 21.4. The lowest BCUT2D eigenvalue weighted by atomic mass is 10.1. The lowest BCUT2D eigenvalue weighted by Crippen LogP contribution is -2.07. The van der Waals surface area contributed by atoms with Gasteiger partial charge >= 0.3 is 0 Å². The predicted octanol–water partition coefficient (Wildman–Crippen LogP) is 1.88. The van der Waals surface area contributed by atoms with Gasteiger partial charge in [0.25, 0.3) is 0 Å². The van der Waals surface area contributed by atoms with E-state index < -0.39 is 0 Å². The molecule has 1 N–H and O–H groups in total. The van der Waals surface area contributed by atoms with Gasteiger partial charge in [0.1, 0.15) is 0 Å². The first-order chi connectivity index (χ1) is 4.34. The Balaban J connectivity index is 2.91. The Bertz CT molecular complexity index is 213. The molecule has 0 atom stereocenters. The quantitative estimate of drug-likeness (QED) is 0.559. The lowest BCUT2D eigenvalue weighted by Gasteiger charge is -1.97. The van der Waals surface area contributed by atoms with Crippen molar-refractivity contribution in [2.45, 2.75) is 0 Å². The number of halogens is 1. The molecule has 0 spiro atoms. The molecular formula is C6H5BrN2. The summed E-state index contributed by atoms with van der Waals surface area (Å²) in [6, 6.07) is 0. The molecule has 0 fully saturated rings. The minimum Gasteiger partial charge on any atom is -0.299 e. The second-order valence-corrected chi connectivity index (χ2v) is 1.96. The van der Waals surface area contributed by atoms with Gasteiger partial charge in [-0.2, -0.15) is 0 Å². The molecule has 0 bridgehead atoms.